The molecule has 2 atom stereocenters. The summed E-state index contributed by atoms with van der Waals surface area (Å²) in [6.07, 6.45) is 3.36. The maximum Gasteiger partial charge on any atom is 0.249 e. The molecule has 1 aromatic carbocycles. The van der Waals surface area contributed by atoms with Gasteiger partial charge in [0.05, 0.1) is 6.10 Å². The summed E-state index contributed by atoms with van der Waals surface area (Å²) in [4.78, 5) is 11.8. The predicted molar refractivity (Wildman–Crippen MR) is 74.7 cm³/mol. The standard InChI is InChI=1S/C15H22N2O2/c16-11-13-8-9-14(19-13)15(18)17-10-4-7-12-5-2-1-3-6-12/h1-3,5-6,13-14H,4,7-11,16H2,(H,17,18). The zero-order valence-electron chi connectivity index (χ0n) is 11.2. The van der Waals surface area contributed by atoms with Gasteiger partial charge < -0.3 is 15.8 Å². The summed E-state index contributed by atoms with van der Waals surface area (Å²) in [6, 6.07) is 10.3. The van der Waals surface area contributed by atoms with E-state index < -0.39 is 0 Å². The molecule has 0 radical (unpaired) electrons. The van der Waals surface area contributed by atoms with Gasteiger partial charge in [0.25, 0.3) is 0 Å². The molecule has 1 saturated heterocycles. The van der Waals surface area contributed by atoms with Crippen molar-refractivity contribution in [1.82, 2.24) is 5.32 Å². The minimum absolute atomic E-state index is 0.00371. The van der Waals surface area contributed by atoms with Crippen LogP contribution in [0, 0.1) is 0 Å². The number of carbonyl (C=O) groups is 1. The first-order chi connectivity index (χ1) is 9.29. The van der Waals surface area contributed by atoms with Crippen molar-refractivity contribution in [1.29, 1.82) is 0 Å². The zero-order valence-corrected chi connectivity index (χ0v) is 11.2. The first kappa shape index (κ1) is 14.0. The second kappa shape index (κ2) is 7.26. The third-order valence-corrected chi connectivity index (χ3v) is 3.45. The monoisotopic (exact) mass is 262 g/mol. The molecule has 1 fully saturated rings. The summed E-state index contributed by atoms with van der Waals surface area (Å²) < 4.78 is 5.55. The first-order valence-electron chi connectivity index (χ1n) is 6.96. The van der Waals surface area contributed by atoms with Gasteiger partial charge in [0, 0.05) is 13.1 Å². The Morgan fingerprint density at radius 3 is 2.79 bits per heavy atom. The van der Waals surface area contributed by atoms with E-state index in [-0.39, 0.29) is 18.1 Å². The van der Waals surface area contributed by atoms with Crippen LogP contribution in [0.3, 0.4) is 0 Å². The van der Waals surface area contributed by atoms with E-state index in [2.05, 4.69) is 17.4 Å². The molecule has 4 nitrogen and oxygen atoms in total. The minimum atomic E-state index is -0.301. The molecule has 104 valence electrons. The number of aryl methyl sites for hydroxylation is 1. The molecule has 1 aliphatic rings. The van der Waals surface area contributed by atoms with E-state index in [0.717, 1.165) is 25.7 Å². The van der Waals surface area contributed by atoms with Crippen molar-refractivity contribution in [3.8, 4) is 0 Å². The Hall–Kier alpha value is -1.39. The van der Waals surface area contributed by atoms with Gasteiger partial charge in [-0.15, -0.1) is 0 Å². The average molecular weight is 262 g/mol. The van der Waals surface area contributed by atoms with Crippen LogP contribution in [0.1, 0.15) is 24.8 Å². The summed E-state index contributed by atoms with van der Waals surface area (Å²) in [5, 5.41) is 2.93. The highest BCUT2D eigenvalue weighted by molar-refractivity contribution is 5.80. The van der Waals surface area contributed by atoms with Crippen LogP contribution in [0.5, 0.6) is 0 Å². The maximum absolute atomic E-state index is 11.8. The number of hydrogen-bond donors (Lipinski definition) is 2. The molecular formula is C15H22N2O2. The Morgan fingerprint density at radius 2 is 2.11 bits per heavy atom. The molecule has 1 aromatic rings. The molecule has 2 rings (SSSR count). The number of amides is 1. The van der Waals surface area contributed by atoms with Crippen molar-refractivity contribution in [3.63, 3.8) is 0 Å². The third-order valence-electron chi connectivity index (χ3n) is 3.45. The highest BCUT2D eigenvalue weighted by atomic mass is 16.5. The highest BCUT2D eigenvalue weighted by Crippen LogP contribution is 2.18. The molecule has 1 aliphatic heterocycles. The van der Waals surface area contributed by atoms with Gasteiger partial charge in [-0.05, 0) is 31.2 Å². The van der Waals surface area contributed by atoms with Gasteiger partial charge in [0.15, 0.2) is 0 Å². The second-order valence-corrected chi connectivity index (χ2v) is 4.94. The van der Waals surface area contributed by atoms with E-state index in [4.69, 9.17) is 10.5 Å². The van der Waals surface area contributed by atoms with Gasteiger partial charge in [-0.25, -0.2) is 0 Å². The van der Waals surface area contributed by atoms with Crippen molar-refractivity contribution < 1.29 is 9.53 Å². The fourth-order valence-electron chi connectivity index (χ4n) is 2.33. The number of ether oxygens (including phenoxy) is 1. The number of nitrogens with one attached hydrogen (secondary N) is 1. The number of rotatable bonds is 6. The maximum atomic E-state index is 11.8. The lowest BCUT2D eigenvalue weighted by atomic mass is 10.1. The van der Waals surface area contributed by atoms with Gasteiger partial charge >= 0.3 is 0 Å². The van der Waals surface area contributed by atoms with Gasteiger partial charge in [-0.3, -0.25) is 4.79 Å². The zero-order chi connectivity index (χ0) is 13.5. The molecule has 0 bridgehead atoms. The van der Waals surface area contributed by atoms with E-state index in [1.165, 1.54) is 5.56 Å². The molecule has 3 N–H and O–H groups in total. The van der Waals surface area contributed by atoms with Crippen molar-refractivity contribution in [2.45, 2.75) is 37.9 Å². The average Bonchev–Trinajstić information content (AvgIpc) is 2.93. The Morgan fingerprint density at radius 1 is 1.32 bits per heavy atom. The normalized spacial score (nSPS) is 22.4. The SMILES string of the molecule is NCC1CCC(C(=O)NCCCc2ccccc2)O1. The lowest BCUT2D eigenvalue weighted by Crippen LogP contribution is -2.36. The summed E-state index contributed by atoms with van der Waals surface area (Å²) in [6.45, 7) is 1.19. The van der Waals surface area contributed by atoms with Gasteiger partial charge in [0.2, 0.25) is 5.91 Å². The summed E-state index contributed by atoms with van der Waals surface area (Å²) in [7, 11) is 0. The van der Waals surface area contributed by atoms with Crippen molar-refractivity contribution in [3.05, 3.63) is 35.9 Å². The molecule has 1 amide bonds. The lowest BCUT2D eigenvalue weighted by Gasteiger charge is -2.12. The van der Waals surface area contributed by atoms with E-state index in [9.17, 15) is 4.79 Å². The topological polar surface area (TPSA) is 64.4 Å². The fraction of sp³-hybridized carbons (Fsp3) is 0.533. The summed E-state index contributed by atoms with van der Waals surface area (Å²) >= 11 is 0. The molecular weight excluding hydrogens is 240 g/mol. The van der Waals surface area contributed by atoms with Crippen molar-refractivity contribution in [2.24, 2.45) is 5.73 Å². The Kier molecular flexibility index (Phi) is 5.36. The Bertz CT molecular complexity index is 394. The molecule has 1 heterocycles. The van der Waals surface area contributed by atoms with E-state index >= 15 is 0 Å². The summed E-state index contributed by atoms with van der Waals surface area (Å²) in [5.41, 5.74) is 6.83. The Labute approximate surface area is 114 Å². The molecule has 0 aromatic heterocycles. The molecule has 2 unspecified atom stereocenters. The number of nitrogens with two attached hydrogens (primary N) is 1. The van der Waals surface area contributed by atoms with Crippen LogP contribution in [0.2, 0.25) is 0 Å². The molecule has 0 aliphatic carbocycles. The minimum Gasteiger partial charge on any atom is -0.364 e. The first-order valence-corrected chi connectivity index (χ1v) is 6.96. The van der Waals surface area contributed by atoms with Gasteiger partial charge in [0.1, 0.15) is 6.10 Å². The second-order valence-electron chi connectivity index (χ2n) is 4.94. The smallest absolute Gasteiger partial charge is 0.249 e. The quantitative estimate of drug-likeness (QED) is 0.758. The van der Waals surface area contributed by atoms with Crippen LogP contribution in [-0.4, -0.2) is 31.2 Å². The molecule has 0 spiro atoms. The van der Waals surface area contributed by atoms with Gasteiger partial charge in [-0.2, -0.15) is 0 Å². The van der Waals surface area contributed by atoms with E-state index in [1.807, 2.05) is 18.2 Å². The van der Waals surface area contributed by atoms with Crippen molar-refractivity contribution >= 4 is 5.91 Å². The molecule has 0 saturated carbocycles. The van der Waals surface area contributed by atoms with E-state index in [1.54, 1.807) is 0 Å². The predicted octanol–water partition coefficient (Wildman–Crippen LogP) is 1.24. The lowest BCUT2D eigenvalue weighted by molar-refractivity contribution is -0.131. The van der Waals surface area contributed by atoms with Crippen LogP contribution < -0.4 is 11.1 Å². The van der Waals surface area contributed by atoms with Crippen LogP contribution in [-0.2, 0) is 16.0 Å². The number of hydrogen-bond acceptors (Lipinski definition) is 3. The largest absolute Gasteiger partial charge is 0.364 e. The number of carbonyl (C=O) groups excluding carboxylic acids is 1. The van der Waals surface area contributed by atoms with Crippen LogP contribution in [0.4, 0.5) is 0 Å². The van der Waals surface area contributed by atoms with Crippen LogP contribution in [0.15, 0.2) is 30.3 Å². The summed E-state index contributed by atoms with van der Waals surface area (Å²) in [5.74, 6) is 0.00371. The molecule has 4 heteroatoms. The third kappa shape index (κ3) is 4.33. The fourth-order valence-corrected chi connectivity index (χ4v) is 2.33. The number of benzene rings is 1. The van der Waals surface area contributed by atoms with Crippen LogP contribution in [0.25, 0.3) is 0 Å². The van der Waals surface area contributed by atoms with Gasteiger partial charge in [-0.1, -0.05) is 30.3 Å². The Balaban J connectivity index is 1.62. The van der Waals surface area contributed by atoms with Crippen LogP contribution >= 0.6 is 0 Å². The molecule has 19 heavy (non-hydrogen) atoms. The highest BCUT2D eigenvalue weighted by Gasteiger charge is 2.29. The van der Waals surface area contributed by atoms with Crippen molar-refractivity contribution in [2.75, 3.05) is 13.1 Å². The van der Waals surface area contributed by atoms with E-state index in [0.29, 0.717) is 13.1 Å².